The Hall–Kier alpha value is -1.82. The molecule has 0 saturated carbocycles. The molecule has 0 aliphatic heterocycles. The molecule has 3 heteroatoms. The highest BCUT2D eigenvalue weighted by Gasteiger charge is 2.01. The third kappa shape index (κ3) is 2.33. The van der Waals surface area contributed by atoms with Crippen molar-refractivity contribution in [3.8, 4) is 6.07 Å². The number of nitrogens with two attached hydrogens (primary N) is 1. The van der Waals surface area contributed by atoms with Crippen molar-refractivity contribution >= 4 is 11.8 Å². The predicted molar refractivity (Wildman–Crippen MR) is 54.8 cm³/mol. The molecule has 0 spiro atoms. The van der Waals surface area contributed by atoms with Crippen molar-refractivity contribution in [3.05, 3.63) is 35.2 Å². The van der Waals surface area contributed by atoms with Crippen LogP contribution in [0.4, 0.5) is 10.1 Å². The molecule has 14 heavy (non-hydrogen) atoms. The van der Waals surface area contributed by atoms with Crippen LogP contribution in [0.15, 0.2) is 18.2 Å². The third-order valence-corrected chi connectivity index (χ3v) is 1.96. The first-order chi connectivity index (χ1) is 6.65. The standard InChI is InChI=1S/C11H11FN2/c1-8-9(4-2-3-5-13)6-10(12)7-11(8)14/h2,4,6-7H,3,14H2,1H3. The predicted octanol–water partition coefficient (Wildman–Crippen LogP) is 2.64. The number of hydrogen-bond acceptors (Lipinski definition) is 2. The van der Waals surface area contributed by atoms with Gasteiger partial charge in [-0.2, -0.15) is 5.26 Å². The summed E-state index contributed by atoms with van der Waals surface area (Å²) < 4.78 is 12.9. The van der Waals surface area contributed by atoms with E-state index in [1.165, 1.54) is 12.1 Å². The van der Waals surface area contributed by atoms with Crippen molar-refractivity contribution in [3.63, 3.8) is 0 Å². The van der Waals surface area contributed by atoms with Crippen LogP contribution in [0.5, 0.6) is 0 Å². The fourth-order valence-corrected chi connectivity index (χ4v) is 1.13. The number of benzene rings is 1. The summed E-state index contributed by atoms with van der Waals surface area (Å²) in [6, 6.07) is 4.67. The molecule has 0 heterocycles. The Bertz CT molecular complexity index is 402. The number of anilines is 1. The van der Waals surface area contributed by atoms with Crippen molar-refractivity contribution in [2.24, 2.45) is 0 Å². The normalized spacial score (nSPS) is 10.4. The van der Waals surface area contributed by atoms with Gasteiger partial charge in [0, 0.05) is 5.69 Å². The van der Waals surface area contributed by atoms with E-state index in [9.17, 15) is 4.39 Å². The number of nitrogens with zero attached hydrogens (tertiary/aromatic N) is 1. The molecule has 0 aliphatic rings. The fraction of sp³-hybridized carbons (Fsp3) is 0.182. The second-order valence-corrected chi connectivity index (χ2v) is 2.97. The molecule has 2 N–H and O–H groups in total. The van der Waals surface area contributed by atoms with E-state index in [-0.39, 0.29) is 5.82 Å². The van der Waals surface area contributed by atoms with Gasteiger partial charge < -0.3 is 5.73 Å². The molecule has 0 radical (unpaired) electrons. The van der Waals surface area contributed by atoms with Crippen LogP contribution in [0.25, 0.3) is 6.08 Å². The van der Waals surface area contributed by atoms with Gasteiger partial charge in [0.15, 0.2) is 0 Å². The molecule has 2 nitrogen and oxygen atoms in total. The second kappa shape index (κ2) is 4.43. The summed E-state index contributed by atoms with van der Waals surface area (Å²) in [7, 11) is 0. The Labute approximate surface area is 82.5 Å². The summed E-state index contributed by atoms with van der Waals surface area (Å²) >= 11 is 0. The van der Waals surface area contributed by atoms with Gasteiger partial charge in [-0.1, -0.05) is 12.2 Å². The quantitative estimate of drug-likeness (QED) is 0.729. The van der Waals surface area contributed by atoms with Crippen LogP contribution in [-0.2, 0) is 0 Å². The van der Waals surface area contributed by atoms with Gasteiger partial charge in [-0.25, -0.2) is 4.39 Å². The molecule has 1 aromatic carbocycles. The summed E-state index contributed by atoms with van der Waals surface area (Å²) in [6.45, 7) is 1.82. The van der Waals surface area contributed by atoms with E-state index < -0.39 is 0 Å². The monoisotopic (exact) mass is 190 g/mol. The van der Waals surface area contributed by atoms with E-state index in [4.69, 9.17) is 11.0 Å². The highest BCUT2D eigenvalue weighted by Crippen LogP contribution is 2.19. The van der Waals surface area contributed by atoms with E-state index in [1.807, 2.05) is 13.0 Å². The van der Waals surface area contributed by atoms with Gasteiger partial charge in [-0.15, -0.1) is 0 Å². The summed E-state index contributed by atoms with van der Waals surface area (Å²) in [6.07, 6.45) is 3.70. The number of allylic oxidation sites excluding steroid dienone is 1. The molecule has 0 atom stereocenters. The molecule has 1 aromatic rings. The van der Waals surface area contributed by atoms with E-state index in [2.05, 4.69) is 0 Å². The van der Waals surface area contributed by atoms with Crippen LogP contribution in [0.1, 0.15) is 17.5 Å². The Morgan fingerprint density at radius 2 is 2.29 bits per heavy atom. The van der Waals surface area contributed by atoms with Gasteiger partial charge in [0.1, 0.15) is 5.82 Å². The largest absolute Gasteiger partial charge is 0.398 e. The maximum Gasteiger partial charge on any atom is 0.125 e. The highest BCUT2D eigenvalue weighted by molar-refractivity contribution is 5.62. The lowest BCUT2D eigenvalue weighted by atomic mass is 10.1. The van der Waals surface area contributed by atoms with Gasteiger partial charge in [0.2, 0.25) is 0 Å². The summed E-state index contributed by atoms with van der Waals surface area (Å²) in [4.78, 5) is 0. The zero-order valence-electron chi connectivity index (χ0n) is 7.92. The first kappa shape index (κ1) is 10.3. The van der Waals surface area contributed by atoms with Crippen LogP contribution in [0.3, 0.4) is 0 Å². The van der Waals surface area contributed by atoms with Gasteiger partial charge in [-0.05, 0) is 30.2 Å². The summed E-state index contributed by atoms with van der Waals surface area (Å²) in [5.74, 6) is -0.357. The van der Waals surface area contributed by atoms with Crippen LogP contribution in [0, 0.1) is 24.1 Å². The molecule has 0 saturated heterocycles. The lowest BCUT2D eigenvalue weighted by molar-refractivity contribution is 0.628. The molecule has 0 bridgehead atoms. The Kier molecular flexibility index (Phi) is 3.24. The first-order valence-electron chi connectivity index (χ1n) is 4.24. The average Bonchev–Trinajstić information content (AvgIpc) is 2.13. The molecule has 0 unspecified atom stereocenters. The van der Waals surface area contributed by atoms with Crippen LogP contribution in [0.2, 0.25) is 0 Å². The molecular weight excluding hydrogens is 179 g/mol. The summed E-state index contributed by atoms with van der Waals surface area (Å²) in [5.41, 5.74) is 7.57. The van der Waals surface area contributed by atoms with Crippen molar-refractivity contribution in [1.29, 1.82) is 5.26 Å². The average molecular weight is 190 g/mol. The van der Waals surface area contributed by atoms with E-state index >= 15 is 0 Å². The lowest BCUT2D eigenvalue weighted by Crippen LogP contribution is -1.93. The Balaban J connectivity index is 3.03. The van der Waals surface area contributed by atoms with Crippen molar-refractivity contribution in [1.82, 2.24) is 0 Å². The molecule has 0 fully saturated rings. The second-order valence-electron chi connectivity index (χ2n) is 2.97. The molecule has 72 valence electrons. The highest BCUT2D eigenvalue weighted by atomic mass is 19.1. The fourth-order valence-electron chi connectivity index (χ4n) is 1.13. The number of nitrogen functional groups attached to an aromatic ring is 1. The summed E-state index contributed by atoms with van der Waals surface area (Å²) in [5, 5.41) is 8.32. The zero-order valence-corrected chi connectivity index (χ0v) is 7.92. The van der Waals surface area contributed by atoms with Crippen LogP contribution in [-0.4, -0.2) is 0 Å². The molecule has 0 aromatic heterocycles. The van der Waals surface area contributed by atoms with Crippen molar-refractivity contribution < 1.29 is 4.39 Å². The molecule has 1 rings (SSSR count). The maximum atomic E-state index is 12.9. The number of nitriles is 1. The number of hydrogen-bond donors (Lipinski definition) is 1. The van der Waals surface area contributed by atoms with Crippen molar-refractivity contribution in [2.45, 2.75) is 13.3 Å². The topological polar surface area (TPSA) is 49.8 Å². The third-order valence-electron chi connectivity index (χ3n) is 1.96. The van der Waals surface area contributed by atoms with Crippen molar-refractivity contribution in [2.75, 3.05) is 5.73 Å². The molecule has 0 amide bonds. The zero-order chi connectivity index (χ0) is 10.6. The number of halogens is 1. The van der Waals surface area contributed by atoms with E-state index in [0.717, 1.165) is 11.1 Å². The lowest BCUT2D eigenvalue weighted by Gasteiger charge is -2.04. The first-order valence-corrected chi connectivity index (χ1v) is 4.24. The van der Waals surface area contributed by atoms with Gasteiger partial charge in [0.05, 0.1) is 12.5 Å². The molecular formula is C11H11FN2. The minimum absolute atomic E-state index is 0.315. The maximum absolute atomic E-state index is 12.9. The van der Waals surface area contributed by atoms with Gasteiger partial charge in [-0.3, -0.25) is 0 Å². The van der Waals surface area contributed by atoms with Gasteiger partial charge in [0.25, 0.3) is 0 Å². The Morgan fingerprint density at radius 3 is 2.93 bits per heavy atom. The van der Waals surface area contributed by atoms with Crippen LogP contribution >= 0.6 is 0 Å². The Morgan fingerprint density at radius 1 is 1.57 bits per heavy atom. The minimum atomic E-state index is -0.357. The number of rotatable bonds is 2. The van der Waals surface area contributed by atoms with Gasteiger partial charge >= 0.3 is 0 Å². The van der Waals surface area contributed by atoms with E-state index in [0.29, 0.717) is 12.1 Å². The van der Waals surface area contributed by atoms with E-state index in [1.54, 1.807) is 12.2 Å². The van der Waals surface area contributed by atoms with Crippen LogP contribution < -0.4 is 5.73 Å². The smallest absolute Gasteiger partial charge is 0.125 e. The SMILES string of the molecule is Cc1c(N)cc(F)cc1C=CCC#N. The molecule has 0 aliphatic carbocycles. The minimum Gasteiger partial charge on any atom is -0.398 e.